The molecule has 1 aromatic heterocycles. The van der Waals surface area contributed by atoms with Crippen LogP contribution in [-0.2, 0) is 4.79 Å². The van der Waals surface area contributed by atoms with Gasteiger partial charge in [0.25, 0.3) is 0 Å². The first-order valence-electron chi connectivity index (χ1n) is 7.68. The first kappa shape index (κ1) is 13.4. The molecule has 0 unspecified atom stereocenters. The Bertz CT molecular complexity index is 506. The van der Waals surface area contributed by atoms with E-state index in [2.05, 4.69) is 26.6 Å². The first-order chi connectivity index (χ1) is 9.74. The number of likely N-dealkylation sites (tertiary alicyclic amines) is 1. The lowest BCUT2D eigenvalue weighted by Crippen LogP contribution is -2.41. The van der Waals surface area contributed by atoms with Crippen molar-refractivity contribution in [3.05, 3.63) is 30.4 Å². The summed E-state index contributed by atoms with van der Waals surface area (Å²) < 4.78 is 2.22. The highest BCUT2D eigenvalue weighted by Crippen LogP contribution is 2.26. The Labute approximate surface area is 120 Å². The molecule has 108 valence electrons. The molecule has 20 heavy (non-hydrogen) atoms. The summed E-state index contributed by atoms with van der Waals surface area (Å²) >= 11 is 0. The van der Waals surface area contributed by atoms with Gasteiger partial charge in [-0.2, -0.15) is 0 Å². The summed E-state index contributed by atoms with van der Waals surface area (Å²) in [4.78, 5) is 18.8. The van der Waals surface area contributed by atoms with Crippen LogP contribution in [0.15, 0.2) is 24.5 Å². The molecule has 0 N–H and O–H groups in total. The molecular formula is C16H23N3O. The lowest BCUT2D eigenvalue weighted by Gasteiger charge is -2.34. The number of rotatable bonds is 3. The number of hydrogen-bond acceptors (Lipinski definition) is 2. The zero-order chi connectivity index (χ0) is 13.9. The molecule has 3 rings (SSSR count). The van der Waals surface area contributed by atoms with Gasteiger partial charge in [-0.25, -0.2) is 4.98 Å². The van der Waals surface area contributed by atoms with E-state index in [-0.39, 0.29) is 0 Å². The maximum Gasteiger partial charge on any atom is 0.223 e. The molecular weight excluding hydrogens is 250 g/mol. The van der Waals surface area contributed by atoms with Crippen LogP contribution in [0.5, 0.6) is 0 Å². The Balaban J connectivity index is 1.61. The summed E-state index contributed by atoms with van der Waals surface area (Å²) in [5.74, 6) is 1.84. The van der Waals surface area contributed by atoms with Gasteiger partial charge in [-0.15, -0.1) is 0 Å². The van der Waals surface area contributed by atoms with Crippen molar-refractivity contribution in [2.45, 2.75) is 45.1 Å². The third-order valence-electron chi connectivity index (χ3n) is 4.55. The maximum absolute atomic E-state index is 12.4. The van der Waals surface area contributed by atoms with Crippen LogP contribution in [-0.4, -0.2) is 33.4 Å². The molecule has 2 aliphatic rings. The zero-order valence-electron chi connectivity index (χ0n) is 12.2. The Morgan fingerprint density at radius 1 is 1.45 bits per heavy atom. The summed E-state index contributed by atoms with van der Waals surface area (Å²) in [6.07, 6.45) is 13.5. The number of hydrogen-bond donors (Lipinski definition) is 0. The van der Waals surface area contributed by atoms with Crippen molar-refractivity contribution in [3.8, 4) is 0 Å². The molecule has 0 bridgehead atoms. The van der Waals surface area contributed by atoms with Crippen LogP contribution in [0.4, 0.5) is 0 Å². The molecule has 4 heteroatoms. The molecule has 2 atom stereocenters. The van der Waals surface area contributed by atoms with E-state index in [1.165, 1.54) is 0 Å². The molecule has 1 fully saturated rings. The van der Waals surface area contributed by atoms with Crippen molar-refractivity contribution in [2.24, 2.45) is 5.92 Å². The molecule has 1 aromatic rings. The van der Waals surface area contributed by atoms with Gasteiger partial charge >= 0.3 is 0 Å². The van der Waals surface area contributed by atoms with Crippen LogP contribution in [0.3, 0.4) is 0 Å². The van der Waals surface area contributed by atoms with Crippen LogP contribution >= 0.6 is 0 Å². The average Bonchev–Trinajstić information content (AvgIpc) is 3.10. The Kier molecular flexibility index (Phi) is 3.90. The average molecular weight is 273 g/mol. The van der Waals surface area contributed by atoms with Crippen LogP contribution < -0.4 is 0 Å². The maximum atomic E-state index is 12.4. The van der Waals surface area contributed by atoms with E-state index in [1.54, 1.807) is 0 Å². The smallest absolute Gasteiger partial charge is 0.223 e. The second kappa shape index (κ2) is 5.81. The summed E-state index contributed by atoms with van der Waals surface area (Å²) in [6.45, 7) is 3.79. The lowest BCUT2D eigenvalue weighted by atomic mass is 10.0. The van der Waals surface area contributed by atoms with Gasteiger partial charge < -0.3 is 9.47 Å². The van der Waals surface area contributed by atoms with Gasteiger partial charge in [0.15, 0.2) is 0 Å². The minimum atomic E-state index is 0.323. The van der Waals surface area contributed by atoms with Crippen molar-refractivity contribution in [1.82, 2.24) is 14.5 Å². The third-order valence-corrected chi connectivity index (χ3v) is 4.55. The molecule has 1 aliphatic heterocycles. The lowest BCUT2D eigenvalue weighted by molar-refractivity contribution is -0.133. The van der Waals surface area contributed by atoms with E-state index >= 15 is 0 Å². The molecule has 4 nitrogen and oxygen atoms in total. The van der Waals surface area contributed by atoms with Gasteiger partial charge in [0.05, 0.1) is 6.04 Å². The number of allylic oxidation sites excluding steroid dienone is 2. The van der Waals surface area contributed by atoms with E-state index in [4.69, 9.17) is 0 Å². The van der Waals surface area contributed by atoms with Crippen molar-refractivity contribution in [1.29, 1.82) is 0 Å². The molecule has 0 aromatic carbocycles. The van der Waals surface area contributed by atoms with E-state index in [0.29, 0.717) is 24.3 Å². The predicted molar refractivity (Wildman–Crippen MR) is 78.3 cm³/mol. The van der Waals surface area contributed by atoms with Gasteiger partial charge in [0, 0.05) is 31.9 Å². The Morgan fingerprint density at radius 2 is 2.35 bits per heavy atom. The molecule has 0 saturated carbocycles. The molecule has 1 amide bonds. The number of piperidine rings is 1. The van der Waals surface area contributed by atoms with Gasteiger partial charge in [0.1, 0.15) is 5.82 Å². The van der Waals surface area contributed by atoms with Gasteiger partial charge in [-0.1, -0.05) is 12.2 Å². The standard InChI is InChI=1S/C16H23N3O/c1-13-17-8-10-19(13)15-7-4-9-18(12-15)16(20)11-14-5-2-3-6-14/h2,5,8,10,14-15H,3-4,6-7,9,11-12H2,1H3/t14-,15-/m1/s1. The SMILES string of the molecule is Cc1nccn1[C@@H]1CCCN(C(=O)C[C@@H]2C=CCC2)C1. The third kappa shape index (κ3) is 2.79. The van der Waals surface area contributed by atoms with Crippen LogP contribution in [0.1, 0.15) is 44.0 Å². The molecule has 0 spiro atoms. The molecule has 1 saturated heterocycles. The number of carbonyl (C=O) groups excluding carboxylic acids is 1. The number of carbonyl (C=O) groups is 1. The van der Waals surface area contributed by atoms with E-state index < -0.39 is 0 Å². The van der Waals surface area contributed by atoms with Gasteiger partial charge in [-0.05, 0) is 38.5 Å². The highest BCUT2D eigenvalue weighted by Gasteiger charge is 2.26. The first-order valence-corrected chi connectivity index (χ1v) is 7.68. The highest BCUT2D eigenvalue weighted by molar-refractivity contribution is 5.76. The summed E-state index contributed by atoms with van der Waals surface area (Å²) in [5.41, 5.74) is 0. The second-order valence-corrected chi connectivity index (χ2v) is 5.99. The molecule has 2 heterocycles. The molecule has 0 radical (unpaired) electrons. The normalized spacial score (nSPS) is 26.1. The Hall–Kier alpha value is -1.58. The number of aromatic nitrogens is 2. The monoisotopic (exact) mass is 273 g/mol. The van der Waals surface area contributed by atoms with E-state index in [1.807, 2.05) is 19.3 Å². The van der Waals surface area contributed by atoms with Crippen molar-refractivity contribution >= 4 is 5.91 Å². The fraction of sp³-hybridized carbons (Fsp3) is 0.625. The summed E-state index contributed by atoms with van der Waals surface area (Å²) in [5, 5.41) is 0. The van der Waals surface area contributed by atoms with Crippen LogP contribution in [0.25, 0.3) is 0 Å². The Morgan fingerprint density at radius 3 is 3.05 bits per heavy atom. The highest BCUT2D eigenvalue weighted by atomic mass is 16.2. The topological polar surface area (TPSA) is 38.1 Å². The van der Waals surface area contributed by atoms with Crippen molar-refractivity contribution in [2.75, 3.05) is 13.1 Å². The quantitative estimate of drug-likeness (QED) is 0.794. The number of nitrogens with zero attached hydrogens (tertiary/aromatic N) is 3. The van der Waals surface area contributed by atoms with Crippen LogP contribution in [0, 0.1) is 12.8 Å². The summed E-state index contributed by atoms with van der Waals surface area (Å²) in [7, 11) is 0. The van der Waals surface area contributed by atoms with Crippen LogP contribution in [0.2, 0.25) is 0 Å². The van der Waals surface area contributed by atoms with E-state index in [9.17, 15) is 4.79 Å². The molecule has 1 aliphatic carbocycles. The van der Waals surface area contributed by atoms with Crippen molar-refractivity contribution < 1.29 is 4.79 Å². The largest absolute Gasteiger partial charge is 0.341 e. The predicted octanol–water partition coefficient (Wildman–Crippen LogP) is 2.71. The summed E-state index contributed by atoms with van der Waals surface area (Å²) in [6, 6.07) is 0.398. The minimum Gasteiger partial charge on any atom is -0.341 e. The minimum absolute atomic E-state index is 0.323. The van der Waals surface area contributed by atoms with Gasteiger partial charge in [-0.3, -0.25) is 4.79 Å². The van der Waals surface area contributed by atoms with Crippen molar-refractivity contribution in [3.63, 3.8) is 0 Å². The number of amides is 1. The fourth-order valence-electron chi connectivity index (χ4n) is 3.40. The van der Waals surface area contributed by atoms with E-state index in [0.717, 1.165) is 44.6 Å². The number of aryl methyl sites for hydroxylation is 1. The number of imidazole rings is 1. The fourth-order valence-corrected chi connectivity index (χ4v) is 3.40. The van der Waals surface area contributed by atoms with Gasteiger partial charge in [0.2, 0.25) is 5.91 Å². The zero-order valence-corrected chi connectivity index (χ0v) is 12.2. The second-order valence-electron chi connectivity index (χ2n) is 5.99.